The number of nitrogens with one attached hydrogen (secondary N) is 2. The Balaban J connectivity index is 1.83. The van der Waals surface area contributed by atoms with Gasteiger partial charge in [-0.2, -0.15) is 0 Å². The lowest BCUT2D eigenvalue weighted by molar-refractivity contribution is 0.460. The Bertz CT molecular complexity index is 816. The lowest BCUT2D eigenvalue weighted by atomic mass is 10.2. The van der Waals surface area contributed by atoms with E-state index in [1.165, 1.54) is 0 Å². The number of thiocarbonyl (C=S) groups is 1. The molecular weight excluding hydrogens is 306 g/mol. The zero-order valence-electron chi connectivity index (χ0n) is 11.2. The van der Waals surface area contributed by atoms with Crippen LogP contribution in [0.15, 0.2) is 47.0 Å². The smallest absolute Gasteiger partial charge is 0.185 e. The molecule has 0 aliphatic heterocycles. The van der Waals surface area contributed by atoms with Crippen molar-refractivity contribution in [3.05, 3.63) is 53.1 Å². The molecule has 0 aliphatic carbocycles. The highest BCUT2D eigenvalue weighted by atomic mass is 35.5. The van der Waals surface area contributed by atoms with E-state index in [4.69, 9.17) is 28.3 Å². The molecule has 0 saturated heterocycles. The quantitative estimate of drug-likeness (QED) is 0.677. The molecule has 0 bridgehead atoms. The van der Waals surface area contributed by atoms with Gasteiger partial charge in [0.1, 0.15) is 0 Å². The summed E-state index contributed by atoms with van der Waals surface area (Å²) in [6.07, 6.45) is 0. The van der Waals surface area contributed by atoms with Gasteiger partial charge in [0.2, 0.25) is 0 Å². The highest BCUT2D eigenvalue weighted by Gasteiger charge is 2.12. The second kappa shape index (κ2) is 5.71. The molecule has 0 amide bonds. The van der Waals surface area contributed by atoms with Crippen LogP contribution in [0.25, 0.3) is 11.0 Å². The Morgan fingerprint density at radius 3 is 2.76 bits per heavy atom. The summed E-state index contributed by atoms with van der Waals surface area (Å²) in [5.74, 6) is 0.502. The van der Waals surface area contributed by atoms with E-state index in [0.717, 1.165) is 11.3 Å². The van der Waals surface area contributed by atoms with Crippen LogP contribution < -0.4 is 10.6 Å². The topological polar surface area (TPSA) is 50.1 Å². The van der Waals surface area contributed by atoms with Crippen LogP contribution in [0.5, 0.6) is 0 Å². The normalized spacial score (nSPS) is 10.6. The molecule has 106 valence electrons. The Hall–Kier alpha value is -2.11. The molecule has 6 heteroatoms. The average Bonchev–Trinajstić information content (AvgIpc) is 2.86. The van der Waals surface area contributed by atoms with Crippen molar-refractivity contribution < 1.29 is 4.52 Å². The van der Waals surface area contributed by atoms with E-state index < -0.39 is 0 Å². The van der Waals surface area contributed by atoms with Gasteiger partial charge in [-0.3, -0.25) is 0 Å². The van der Waals surface area contributed by atoms with Crippen LogP contribution in [0.2, 0.25) is 5.02 Å². The highest BCUT2D eigenvalue weighted by molar-refractivity contribution is 7.80. The molecule has 1 aromatic heterocycles. The summed E-state index contributed by atoms with van der Waals surface area (Å²) < 4.78 is 5.22. The van der Waals surface area contributed by atoms with Crippen LogP contribution >= 0.6 is 23.8 Å². The van der Waals surface area contributed by atoms with E-state index in [1.54, 1.807) is 12.1 Å². The van der Waals surface area contributed by atoms with Gasteiger partial charge in [0.25, 0.3) is 0 Å². The van der Waals surface area contributed by atoms with E-state index in [-0.39, 0.29) is 0 Å². The molecule has 21 heavy (non-hydrogen) atoms. The van der Waals surface area contributed by atoms with Crippen molar-refractivity contribution in [3.8, 4) is 0 Å². The van der Waals surface area contributed by atoms with Gasteiger partial charge >= 0.3 is 0 Å². The summed E-state index contributed by atoms with van der Waals surface area (Å²) in [5, 5.41) is 11.8. The van der Waals surface area contributed by atoms with Gasteiger partial charge < -0.3 is 15.2 Å². The number of hydrogen-bond donors (Lipinski definition) is 2. The van der Waals surface area contributed by atoms with Crippen LogP contribution in [0.4, 0.5) is 11.5 Å². The maximum Gasteiger partial charge on any atom is 0.185 e. The van der Waals surface area contributed by atoms with Crippen molar-refractivity contribution in [1.29, 1.82) is 0 Å². The lowest BCUT2D eigenvalue weighted by Crippen LogP contribution is -2.19. The minimum absolute atomic E-state index is 0.430. The zero-order valence-corrected chi connectivity index (χ0v) is 12.8. The lowest BCUT2D eigenvalue weighted by Gasteiger charge is -2.10. The van der Waals surface area contributed by atoms with E-state index in [2.05, 4.69) is 15.8 Å². The number of anilines is 2. The van der Waals surface area contributed by atoms with Gasteiger partial charge in [-0.15, -0.1) is 0 Å². The number of nitrogens with zero attached hydrogens (tertiary/aromatic N) is 1. The predicted octanol–water partition coefficient (Wildman–Crippen LogP) is 4.60. The Morgan fingerprint density at radius 2 is 1.95 bits per heavy atom. The standard InChI is InChI=1S/C15H12ClN3OS/c1-9-5-2-3-7-11(9)17-15(21)18-14-13-10(16)6-4-8-12(13)20-19-14/h2-8H,1H3,(H2,17,18,19,21). The fourth-order valence-corrected chi connectivity index (χ4v) is 2.47. The first kappa shape index (κ1) is 13.9. The molecule has 2 N–H and O–H groups in total. The number of fused-ring (bicyclic) bond motifs is 1. The van der Waals surface area contributed by atoms with Crippen molar-refractivity contribution >= 4 is 51.4 Å². The number of benzene rings is 2. The molecule has 4 nitrogen and oxygen atoms in total. The number of halogens is 1. The first-order valence-electron chi connectivity index (χ1n) is 6.32. The third-order valence-electron chi connectivity index (χ3n) is 3.07. The molecule has 0 fully saturated rings. The molecule has 3 aromatic rings. The number of para-hydroxylation sites is 1. The predicted molar refractivity (Wildman–Crippen MR) is 90.0 cm³/mol. The average molecular weight is 318 g/mol. The van der Waals surface area contributed by atoms with Gasteiger partial charge in [0.05, 0.1) is 10.4 Å². The highest BCUT2D eigenvalue weighted by Crippen LogP contribution is 2.30. The second-order valence-corrected chi connectivity index (χ2v) is 5.35. The van der Waals surface area contributed by atoms with Gasteiger partial charge in [0.15, 0.2) is 16.5 Å². The molecule has 0 unspecified atom stereocenters. The molecule has 0 saturated carbocycles. The van der Waals surface area contributed by atoms with Crippen LogP contribution in [0.1, 0.15) is 5.56 Å². The summed E-state index contributed by atoms with van der Waals surface area (Å²) in [6.45, 7) is 2.01. The summed E-state index contributed by atoms with van der Waals surface area (Å²) in [7, 11) is 0. The van der Waals surface area contributed by atoms with Crippen molar-refractivity contribution in [1.82, 2.24) is 5.16 Å². The fourth-order valence-electron chi connectivity index (χ4n) is 2.01. The maximum absolute atomic E-state index is 6.17. The summed E-state index contributed by atoms with van der Waals surface area (Å²) in [6, 6.07) is 13.3. The first-order chi connectivity index (χ1) is 10.1. The zero-order chi connectivity index (χ0) is 14.8. The summed E-state index contributed by atoms with van der Waals surface area (Å²) >= 11 is 11.5. The minimum atomic E-state index is 0.430. The molecule has 1 heterocycles. The number of aryl methyl sites for hydroxylation is 1. The second-order valence-electron chi connectivity index (χ2n) is 4.54. The molecule has 0 atom stereocenters. The van der Waals surface area contributed by atoms with Crippen molar-refractivity contribution in [2.24, 2.45) is 0 Å². The third kappa shape index (κ3) is 2.84. The summed E-state index contributed by atoms with van der Waals surface area (Å²) in [5.41, 5.74) is 2.65. The Morgan fingerprint density at radius 1 is 1.14 bits per heavy atom. The van der Waals surface area contributed by atoms with E-state index >= 15 is 0 Å². The fraction of sp³-hybridized carbons (Fsp3) is 0.0667. The van der Waals surface area contributed by atoms with Gasteiger partial charge in [0, 0.05) is 5.69 Å². The number of hydrogen-bond acceptors (Lipinski definition) is 3. The largest absolute Gasteiger partial charge is 0.354 e. The molecule has 0 radical (unpaired) electrons. The molecular formula is C15H12ClN3OS. The van der Waals surface area contributed by atoms with Crippen molar-refractivity contribution in [2.75, 3.05) is 10.6 Å². The van der Waals surface area contributed by atoms with Crippen LogP contribution in [-0.2, 0) is 0 Å². The van der Waals surface area contributed by atoms with Crippen LogP contribution in [0, 0.1) is 6.92 Å². The molecule has 2 aromatic carbocycles. The SMILES string of the molecule is Cc1ccccc1NC(=S)Nc1noc2cccc(Cl)c12. The third-order valence-corrected chi connectivity index (χ3v) is 3.59. The van der Waals surface area contributed by atoms with Gasteiger partial charge in [-0.05, 0) is 42.9 Å². The van der Waals surface area contributed by atoms with Crippen LogP contribution in [0.3, 0.4) is 0 Å². The van der Waals surface area contributed by atoms with E-state index in [0.29, 0.717) is 26.9 Å². The van der Waals surface area contributed by atoms with Gasteiger partial charge in [-0.25, -0.2) is 0 Å². The van der Waals surface area contributed by atoms with Crippen LogP contribution in [-0.4, -0.2) is 10.3 Å². The van der Waals surface area contributed by atoms with Gasteiger partial charge in [-0.1, -0.05) is 41.0 Å². The number of rotatable bonds is 2. The Labute approximate surface area is 132 Å². The first-order valence-corrected chi connectivity index (χ1v) is 7.11. The molecule has 3 rings (SSSR count). The maximum atomic E-state index is 6.17. The monoisotopic (exact) mass is 317 g/mol. The summed E-state index contributed by atoms with van der Waals surface area (Å²) in [4.78, 5) is 0. The molecule has 0 aliphatic rings. The van der Waals surface area contributed by atoms with E-state index in [9.17, 15) is 0 Å². The molecule has 0 spiro atoms. The Kier molecular flexibility index (Phi) is 3.77. The van der Waals surface area contributed by atoms with Crippen molar-refractivity contribution in [3.63, 3.8) is 0 Å². The van der Waals surface area contributed by atoms with E-state index in [1.807, 2.05) is 37.3 Å². The minimum Gasteiger partial charge on any atom is -0.354 e. The number of aromatic nitrogens is 1. The van der Waals surface area contributed by atoms with Crippen molar-refractivity contribution in [2.45, 2.75) is 6.92 Å².